The Morgan fingerprint density at radius 2 is 1.95 bits per heavy atom. The van der Waals surface area contributed by atoms with Gasteiger partial charge >= 0.3 is 11.9 Å². The Kier molecular flexibility index (Phi) is 5.77. The third-order valence-corrected chi connectivity index (χ3v) is 3.22. The first-order valence-electron chi connectivity index (χ1n) is 6.22. The summed E-state index contributed by atoms with van der Waals surface area (Å²) in [6, 6.07) is 6.78. The van der Waals surface area contributed by atoms with Crippen molar-refractivity contribution in [1.29, 1.82) is 0 Å². The van der Waals surface area contributed by atoms with Crippen molar-refractivity contribution in [2.45, 2.75) is 25.7 Å². The highest BCUT2D eigenvalue weighted by atomic mass is 35.5. The maximum atomic E-state index is 12.2. The summed E-state index contributed by atoms with van der Waals surface area (Å²) >= 11 is 5.48. The van der Waals surface area contributed by atoms with Crippen molar-refractivity contribution in [3.8, 4) is 0 Å². The molecule has 1 aromatic carbocycles. The Morgan fingerprint density at radius 3 is 2.40 bits per heavy atom. The molecule has 0 bridgehead atoms. The van der Waals surface area contributed by atoms with Gasteiger partial charge in [0.05, 0.1) is 6.61 Å². The number of aryl methyl sites for hydroxylation is 1. The lowest BCUT2D eigenvalue weighted by molar-refractivity contribution is -0.161. The molecule has 0 saturated heterocycles. The number of aliphatic carboxylic acids is 1. The Morgan fingerprint density at radius 1 is 1.35 bits per heavy atom. The van der Waals surface area contributed by atoms with E-state index in [1.165, 1.54) is 11.6 Å². The lowest BCUT2D eigenvalue weighted by Crippen LogP contribution is -2.44. The summed E-state index contributed by atoms with van der Waals surface area (Å²) in [5.74, 6) is -2.04. The Bertz CT molecular complexity index is 507. The van der Waals surface area contributed by atoms with Crippen molar-refractivity contribution in [1.82, 2.24) is 0 Å². The van der Waals surface area contributed by atoms with Gasteiger partial charge in [0.15, 0.2) is 5.41 Å². The predicted octanol–water partition coefficient (Wildman–Crippen LogP) is 3.02. The van der Waals surface area contributed by atoms with Gasteiger partial charge < -0.3 is 9.84 Å². The van der Waals surface area contributed by atoms with Crippen molar-refractivity contribution >= 4 is 23.5 Å². The van der Waals surface area contributed by atoms with Gasteiger partial charge in [-0.05, 0) is 25.8 Å². The zero-order chi connectivity index (χ0) is 15.2. The molecule has 5 heteroatoms. The van der Waals surface area contributed by atoms with Crippen LogP contribution in [-0.2, 0) is 19.7 Å². The number of rotatable bonds is 6. The molecule has 0 aromatic heterocycles. The minimum Gasteiger partial charge on any atom is -0.480 e. The number of hydrogen-bond donors (Lipinski definition) is 1. The van der Waals surface area contributed by atoms with E-state index in [2.05, 4.69) is 0 Å². The summed E-state index contributed by atoms with van der Waals surface area (Å²) in [6.45, 7) is 3.64. The average molecular weight is 297 g/mol. The second-order valence-electron chi connectivity index (χ2n) is 4.36. The number of carbonyl (C=O) groups excluding carboxylic acids is 1. The van der Waals surface area contributed by atoms with Gasteiger partial charge in [-0.15, -0.1) is 0 Å². The molecule has 1 rings (SSSR count). The minimum atomic E-state index is -1.77. The maximum Gasteiger partial charge on any atom is 0.328 e. The SMILES string of the molecule is CCOC(=O)C(C/C=C/Cl)(C(=O)O)c1ccc(C)cc1. The number of hydrogen-bond acceptors (Lipinski definition) is 3. The molecule has 1 aromatic rings. The van der Waals surface area contributed by atoms with Gasteiger partial charge in [-0.3, -0.25) is 9.59 Å². The van der Waals surface area contributed by atoms with Gasteiger partial charge in [0.1, 0.15) is 0 Å². The fourth-order valence-electron chi connectivity index (χ4n) is 1.93. The van der Waals surface area contributed by atoms with Gasteiger partial charge in [0.25, 0.3) is 0 Å². The third kappa shape index (κ3) is 3.20. The van der Waals surface area contributed by atoms with E-state index < -0.39 is 17.4 Å². The monoisotopic (exact) mass is 296 g/mol. The number of esters is 1. The van der Waals surface area contributed by atoms with Crippen LogP contribution in [-0.4, -0.2) is 23.7 Å². The van der Waals surface area contributed by atoms with E-state index in [0.717, 1.165) is 5.56 Å². The van der Waals surface area contributed by atoms with Crippen LogP contribution in [0.5, 0.6) is 0 Å². The first-order valence-corrected chi connectivity index (χ1v) is 6.65. The number of halogens is 1. The number of carboxylic acids is 1. The summed E-state index contributed by atoms with van der Waals surface area (Å²) in [5, 5.41) is 9.59. The van der Waals surface area contributed by atoms with E-state index in [9.17, 15) is 14.7 Å². The molecule has 20 heavy (non-hydrogen) atoms. The molecule has 1 N–H and O–H groups in total. The normalized spacial score (nSPS) is 13.9. The molecule has 0 spiro atoms. The molecular weight excluding hydrogens is 280 g/mol. The molecule has 0 fully saturated rings. The zero-order valence-electron chi connectivity index (χ0n) is 11.4. The molecule has 0 radical (unpaired) electrons. The second kappa shape index (κ2) is 7.10. The van der Waals surface area contributed by atoms with Crippen molar-refractivity contribution in [2.75, 3.05) is 6.61 Å². The van der Waals surface area contributed by atoms with Crippen LogP contribution < -0.4 is 0 Å². The quantitative estimate of drug-likeness (QED) is 0.647. The number of carboxylic acid groups (broad SMARTS) is 1. The van der Waals surface area contributed by atoms with Crippen LogP contribution >= 0.6 is 11.6 Å². The van der Waals surface area contributed by atoms with Crippen LogP contribution in [0.4, 0.5) is 0 Å². The number of allylic oxidation sites excluding steroid dienone is 1. The van der Waals surface area contributed by atoms with Crippen LogP contribution in [0.2, 0.25) is 0 Å². The largest absolute Gasteiger partial charge is 0.480 e. The first kappa shape index (κ1) is 16.2. The summed E-state index contributed by atoms with van der Waals surface area (Å²) in [4.78, 5) is 24.0. The maximum absolute atomic E-state index is 12.2. The van der Waals surface area contributed by atoms with Crippen molar-refractivity contribution in [3.05, 3.63) is 47.0 Å². The third-order valence-electron chi connectivity index (χ3n) is 3.05. The molecule has 0 aliphatic rings. The highest BCUT2D eigenvalue weighted by molar-refractivity contribution is 6.25. The van der Waals surface area contributed by atoms with Crippen molar-refractivity contribution in [3.63, 3.8) is 0 Å². The fourth-order valence-corrected chi connectivity index (χ4v) is 2.02. The van der Waals surface area contributed by atoms with E-state index in [-0.39, 0.29) is 13.0 Å². The summed E-state index contributed by atoms with van der Waals surface area (Å²) in [6.07, 6.45) is 1.38. The predicted molar refractivity (Wildman–Crippen MR) is 76.7 cm³/mol. The molecule has 4 nitrogen and oxygen atoms in total. The van der Waals surface area contributed by atoms with Crippen LogP contribution in [0.15, 0.2) is 35.9 Å². The van der Waals surface area contributed by atoms with E-state index >= 15 is 0 Å². The lowest BCUT2D eigenvalue weighted by atomic mass is 9.77. The van der Waals surface area contributed by atoms with Crippen molar-refractivity contribution < 1.29 is 19.4 Å². The van der Waals surface area contributed by atoms with Crippen LogP contribution in [0.1, 0.15) is 24.5 Å². The molecular formula is C15H17ClO4. The number of benzene rings is 1. The minimum absolute atomic E-state index is 0.0618. The van der Waals surface area contributed by atoms with Gasteiger partial charge in [0.2, 0.25) is 0 Å². The fraction of sp³-hybridized carbons (Fsp3) is 0.333. The highest BCUT2D eigenvalue weighted by Crippen LogP contribution is 2.31. The second-order valence-corrected chi connectivity index (χ2v) is 4.61. The van der Waals surface area contributed by atoms with Gasteiger partial charge in [-0.1, -0.05) is 47.5 Å². The van der Waals surface area contributed by atoms with E-state index in [1.807, 2.05) is 6.92 Å². The molecule has 108 valence electrons. The summed E-state index contributed by atoms with van der Waals surface area (Å²) in [7, 11) is 0. The van der Waals surface area contributed by atoms with Gasteiger partial charge in [-0.2, -0.15) is 0 Å². The van der Waals surface area contributed by atoms with Crippen molar-refractivity contribution in [2.24, 2.45) is 0 Å². The lowest BCUT2D eigenvalue weighted by Gasteiger charge is -2.26. The molecule has 0 saturated carbocycles. The van der Waals surface area contributed by atoms with Gasteiger partial charge in [-0.25, -0.2) is 0 Å². The average Bonchev–Trinajstić information content (AvgIpc) is 2.41. The Labute approximate surface area is 123 Å². The summed E-state index contributed by atoms with van der Waals surface area (Å²) in [5.41, 5.74) is 0.786. The molecule has 1 unspecified atom stereocenters. The Balaban J connectivity index is 3.39. The van der Waals surface area contributed by atoms with Crippen LogP contribution in [0, 0.1) is 6.92 Å². The van der Waals surface area contributed by atoms with E-state index in [1.54, 1.807) is 31.2 Å². The molecule has 0 aliphatic heterocycles. The molecule has 0 heterocycles. The topological polar surface area (TPSA) is 63.6 Å². The number of ether oxygens (including phenoxy) is 1. The molecule has 1 atom stereocenters. The van der Waals surface area contributed by atoms with Gasteiger partial charge in [0, 0.05) is 5.54 Å². The van der Waals surface area contributed by atoms with Crippen LogP contribution in [0.3, 0.4) is 0 Å². The zero-order valence-corrected chi connectivity index (χ0v) is 12.2. The first-order chi connectivity index (χ1) is 9.48. The van der Waals surface area contributed by atoms with E-state index in [4.69, 9.17) is 16.3 Å². The van der Waals surface area contributed by atoms with Crippen LogP contribution in [0.25, 0.3) is 0 Å². The summed E-state index contributed by atoms with van der Waals surface area (Å²) < 4.78 is 4.95. The smallest absolute Gasteiger partial charge is 0.328 e. The highest BCUT2D eigenvalue weighted by Gasteiger charge is 2.48. The molecule has 0 aliphatic carbocycles. The van der Waals surface area contributed by atoms with E-state index in [0.29, 0.717) is 5.56 Å². The number of carbonyl (C=O) groups is 2. The Hall–Kier alpha value is -1.81. The molecule has 0 amide bonds. The standard InChI is InChI=1S/C15H17ClO4/c1-3-20-14(19)15(13(17)18,9-4-10-16)12-7-5-11(2)6-8-12/h4-8,10H,3,9H2,1-2H3,(H,17,18)/b10-4+.